The normalized spacial score (nSPS) is 11.0. The van der Waals surface area contributed by atoms with E-state index in [0.717, 1.165) is 17.1 Å². The maximum Gasteiger partial charge on any atom is 0.255 e. The number of hydrogen-bond acceptors (Lipinski definition) is 3. The van der Waals surface area contributed by atoms with Crippen molar-refractivity contribution < 1.29 is 4.79 Å². The van der Waals surface area contributed by atoms with Crippen molar-refractivity contribution in [1.29, 1.82) is 0 Å². The fourth-order valence-corrected chi connectivity index (χ4v) is 2.44. The molecule has 3 aromatic carbocycles. The SMILES string of the molecule is CC(C)c1ccc(C(=O)Nc2ccc(N=Nc3ccccc3)cc2)cc1. The molecule has 0 aromatic heterocycles. The number of rotatable bonds is 5. The van der Waals surface area contributed by atoms with Crippen LogP contribution in [0.3, 0.4) is 0 Å². The summed E-state index contributed by atoms with van der Waals surface area (Å²) in [5.41, 5.74) is 4.11. The van der Waals surface area contributed by atoms with Crippen LogP contribution < -0.4 is 5.32 Å². The van der Waals surface area contributed by atoms with Crippen molar-refractivity contribution in [2.24, 2.45) is 10.2 Å². The summed E-state index contributed by atoms with van der Waals surface area (Å²) in [6.07, 6.45) is 0. The molecule has 0 aliphatic heterocycles. The predicted molar refractivity (Wildman–Crippen MR) is 106 cm³/mol. The van der Waals surface area contributed by atoms with Crippen LogP contribution in [0.1, 0.15) is 35.7 Å². The summed E-state index contributed by atoms with van der Waals surface area (Å²) in [5, 5.41) is 11.3. The number of carbonyl (C=O) groups is 1. The van der Waals surface area contributed by atoms with Crippen LogP contribution in [0.4, 0.5) is 17.1 Å². The number of azo groups is 1. The molecule has 0 saturated heterocycles. The second-order valence-electron chi connectivity index (χ2n) is 6.31. The summed E-state index contributed by atoms with van der Waals surface area (Å²) in [6.45, 7) is 4.26. The minimum Gasteiger partial charge on any atom is -0.322 e. The molecule has 0 atom stereocenters. The maximum absolute atomic E-state index is 12.3. The Balaban J connectivity index is 1.63. The van der Waals surface area contributed by atoms with Crippen LogP contribution in [0, 0.1) is 0 Å². The van der Waals surface area contributed by atoms with E-state index in [2.05, 4.69) is 29.4 Å². The minimum absolute atomic E-state index is 0.126. The third kappa shape index (κ3) is 4.63. The van der Waals surface area contributed by atoms with E-state index in [1.807, 2.05) is 78.9 Å². The van der Waals surface area contributed by atoms with Crippen molar-refractivity contribution in [2.75, 3.05) is 5.32 Å². The highest BCUT2D eigenvalue weighted by Gasteiger charge is 2.07. The molecule has 0 saturated carbocycles. The average molecular weight is 343 g/mol. The average Bonchev–Trinajstić information content (AvgIpc) is 2.68. The molecular formula is C22H21N3O. The number of nitrogens with zero attached hydrogens (tertiary/aromatic N) is 2. The molecule has 130 valence electrons. The molecule has 0 aliphatic rings. The predicted octanol–water partition coefficient (Wildman–Crippen LogP) is 6.48. The molecule has 0 bridgehead atoms. The maximum atomic E-state index is 12.3. The summed E-state index contributed by atoms with van der Waals surface area (Å²) in [4.78, 5) is 12.3. The van der Waals surface area contributed by atoms with Crippen LogP contribution in [0.2, 0.25) is 0 Å². The molecule has 0 fully saturated rings. The zero-order valence-electron chi connectivity index (χ0n) is 14.9. The van der Waals surface area contributed by atoms with Gasteiger partial charge in [-0.3, -0.25) is 4.79 Å². The van der Waals surface area contributed by atoms with Crippen molar-refractivity contribution in [1.82, 2.24) is 0 Å². The van der Waals surface area contributed by atoms with Gasteiger partial charge in [-0.15, -0.1) is 0 Å². The molecule has 1 amide bonds. The van der Waals surface area contributed by atoms with Gasteiger partial charge in [0.2, 0.25) is 0 Å². The first-order valence-electron chi connectivity index (χ1n) is 8.60. The monoisotopic (exact) mass is 343 g/mol. The highest BCUT2D eigenvalue weighted by atomic mass is 16.1. The van der Waals surface area contributed by atoms with Crippen molar-refractivity contribution >= 4 is 23.0 Å². The summed E-state index contributed by atoms with van der Waals surface area (Å²) in [5.74, 6) is 0.323. The summed E-state index contributed by atoms with van der Waals surface area (Å²) in [6, 6.07) is 24.5. The lowest BCUT2D eigenvalue weighted by Crippen LogP contribution is -2.11. The third-order valence-corrected chi connectivity index (χ3v) is 4.00. The van der Waals surface area contributed by atoms with E-state index in [9.17, 15) is 4.79 Å². The largest absolute Gasteiger partial charge is 0.322 e. The van der Waals surface area contributed by atoms with Gasteiger partial charge in [-0.1, -0.05) is 44.2 Å². The Bertz CT molecular complexity index is 883. The number of anilines is 1. The molecule has 0 aliphatic carbocycles. The van der Waals surface area contributed by atoms with Gasteiger partial charge in [0.1, 0.15) is 0 Å². The lowest BCUT2D eigenvalue weighted by Gasteiger charge is -2.08. The molecule has 4 nitrogen and oxygen atoms in total. The van der Waals surface area contributed by atoms with E-state index >= 15 is 0 Å². The van der Waals surface area contributed by atoms with Crippen LogP contribution >= 0.6 is 0 Å². The van der Waals surface area contributed by atoms with Crippen molar-refractivity contribution in [3.63, 3.8) is 0 Å². The van der Waals surface area contributed by atoms with Gasteiger partial charge in [-0.2, -0.15) is 10.2 Å². The van der Waals surface area contributed by atoms with E-state index < -0.39 is 0 Å². The smallest absolute Gasteiger partial charge is 0.255 e. The van der Waals surface area contributed by atoms with Gasteiger partial charge in [0.25, 0.3) is 5.91 Å². The summed E-state index contributed by atoms with van der Waals surface area (Å²) >= 11 is 0. The van der Waals surface area contributed by atoms with Gasteiger partial charge in [0, 0.05) is 11.3 Å². The minimum atomic E-state index is -0.126. The number of hydrogen-bond donors (Lipinski definition) is 1. The Morgan fingerprint density at radius 3 is 1.92 bits per heavy atom. The molecule has 3 rings (SSSR count). The quantitative estimate of drug-likeness (QED) is 0.530. The van der Waals surface area contributed by atoms with Gasteiger partial charge in [0.05, 0.1) is 11.4 Å². The molecule has 0 unspecified atom stereocenters. The molecule has 0 radical (unpaired) electrons. The highest BCUT2D eigenvalue weighted by molar-refractivity contribution is 6.04. The van der Waals surface area contributed by atoms with Crippen LogP contribution in [0.15, 0.2) is 89.1 Å². The Labute approximate surface area is 153 Å². The third-order valence-electron chi connectivity index (χ3n) is 4.00. The van der Waals surface area contributed by atoms with Gasteiger partial charge < -0.3 is 5.32 Å². The van der Waals surface area contributed by atoms with E-state index in [-0.39, 0.29) is 5.91 Å². The molecule has 26 heavy (non-hydrogen) atoms. The number of nitrogens with one attached hydrogen (secondary N) is 1. The van der Waals surface area contributed by atoms with E-state index in [1.165, 1.54) is 5.56 Å². The van der Waals surface area contributed by atoms with Crippen LogP contribution in [0.25, 0.3) is 0 Å². The topological polar surface area (TPSA) is 53.8 Å². The van der Waals surface area contributed by atoms with Crippen molar-refractivity contribution in [2.45, 2.75) is 19.8 Å². The lowest BCUT2D eigenvalue weighted by atomic mass is 10.0. The molecule has 4 heteroatoms. The Morgan fingerprint density at radius 1 is 0.769 bits per heavy atom. The Morgan fingerprint density at radius 2 is 1.35 bits per heavy atom. The number of benzene rings is 3. The molecule has 3 aromatic rings. The van der Waals surface area contributed by atoms with E-state index in [1.54, 1.807) is 0 Å². The standard InChI is InChI=1S/C22H21N3O/c1-16(2)17-8-10-18(11-9-17)22(26)23-19-12-14-21(15-13-19)25-24-20-6-4-3-5-7-20/h3-16H,1-2H3,(H,23,26). The second kappa shape index (κ2) is 8.21. The molecule has 0 spiro atoms. The van der Waals surface area contributed by atoms with Crippen molar-refractivity contribution in [3.8, 4) is 0 Å². The van der Waals surface area contributed by atoms with Crippen LogP contribution in [-0.2, 0) is 0 Å². The lowest BCUT2D eigenvalue weighted by molar-refractivity contribution is 0.102. The van der Waals surface area contributed by atoms with E-state index in [4.69, 9.17) is 0 Å². The zero-order chi connectivity index (χ0) is 18.4. The van der Waals surface area contributed by atoms with Gasteiger partial charge >= 0.3 is 0 Å². The molecule has 1 N–H and O–H groups in total. The first kappa shape index (κ1) is 17.5. The van der Waals surface area contributed by atoms with Crippen LogP contribution in [0.5, 0.6) is 0 Å². The first-order valence-corrected chi connectivity index (χ1v) is 8.60. The van der Waals surface area contributed by atoms with Gasteiger partial charge in [0.15, 0.2) is 0 Å². The summed E-state index contributed by atoms with van der Waals surface area (Å²) < 4.78 is 0. The second-order valence-corrected chi connectivity index (χ2v) is 6.31. The fraction of sp³-hybridized carbons (Fsp3) is 0.136. The van der Waals surface area contributed by atoms with Gasteiger partial charge in [-0.05, 0) is 60.0 Å². The van der Waals surface area contributed by atoms with Gasteiger partial charge in [-0.25, -0.2) is 0 Å². The molecule has 0 heterocycles. The highest BCUT2D eigenvalue weighted by Crippen LogP contribution is 2.21. The molecular weight excluding hydrogens is 322 g/mol. The van der Waals surface area contributed by atoms with Crippen LogP contribution in [-0.4, -0.2) is 5.91 Å². The van der Waals surface area contributed by atoms with E-state index in [0.29, 0.717) is 11.5 Å². The van der Waals surface area contributed by atoms with Crippen molar-refractivity contribution in [3.05, 3.63) is 90.0 Å². The number of amides is 1. The fourth-order valence-electron chi connectivity index (χ4n) is 2.44. The Hall–Kier alpha value is -3.27. The summed E-state index contributed by atoms with van der Waals surface area (Å²) in [7, 11) is 0. The first-order chi connectivity index (χ1) is 12.6. The Kier molecular flexibility index (Phi) is 5.54. The zero-order valence-corrected chi connectivity index (χ0v) is 14.9. The number of carbonyl (C=O) groups excluding carboxylic acids is 1.